The molecule has 0 radical (unpaired) electrons. The fourth-order valence-electron chi connectivity index (χ4n) is 4.68. The van der Waals surface area contributed by atoms with Crippen LogP contribution in [0.25, 0.3) is 0 Å². The van der Waals surface area contributed by atoms with Crippen molar-refractivity contribution in [1.82, 2.24) is 4.90 Å². The summed E-state index contributed by atoms with van der Waals surface area (Å²) in [6.45, 7) is 0.496. The zero-order chi connectivity index (χ0) is 17.0. The quantitative estimate of drug-likeness (QED) is 0.924. The van der Waals surface area contributed by atoms with Crippen molar-refractivity contribution < 1.29 is 23.5 Å². The maximum atomic E-state index is 13.9. The molecule has 0 bridgehead atoms. The molecular formula is C18H19F2NO3. The Morgan fingerprint density at radius 2 is 2.00 bits per heavy atom. The van der Waals surface area contributed by atoms with Crippen molar-refractivity contribution >= 4 is 11.9 Å². The van der Waals surface area contributed by atoms with E-state index in [1.165, 1.54) is 17.0 Å². The first-order valence-electron chi connectivity index (χ1n) is 8.45. The minimum atomic E-state index is -0.942. The molecule has 24 heavy (non-hydrogen) atoms. The first kappa shape index (κ1) is 15.5. The normalized spacial score (nSPS) is 34.2. The third-order valence-corrected chi connectivity index (χ3v) is 5.90. The van der Waals surface area contributed by atoms with Crippen LogP contribution in [-0.2, 0) is 9.59 Å². The molecule has 1 aliphatic heterocycles. The Labute approximate surface area is 138 Å². The van der Waals surface area contributed by atoms with E-state index in [1.54, 1.807) is 0 Å². The maximum absolute atomic E-state index is 13.9. The van der Waals surface area contributed by atoms with Gasteiger partial charge in [-0.2, -0.15) is 0 Å². The molecule has 4 nitrogen and oxygen atoms in total. The molecule has 5 unspecified atom stereocenters. The number of likely N-dealkylation sites (tertiary alicyclic amines) is 1. The molecular weight excluding hydrogens is 316 g/mol. The van der Waals surface area contributed by atoms with Gasteiger partial charge in [-0.05, 0) is 48.6 Å². The van der Waals surface area contributed by atoms with E-state index >= 15 is 0 Å². The molecule has 2 aliphatic carbocycles. The second-order valence-electron chi connectivity index (χ2n) is 7.24. The molecule has 4 rings (SSSR count). The second-order valence-corrected chi connectivity index (χ2v) is 7.24. The van der Waals surface area contributed by atoms with E-state index in [0.29, 0.717) is 18.5 Å². The van der Waals surface area contributed by atoms with E-state index in [4.69, 9.17) is 0 Å². The molecule has 2 saturated carbocycles. The summed E-state index contributed by atoms with van der Waals surface area (Å²) in [6.07, 6.45) is 3.35. The molecule has 1 N–H and O–H groups in total. The zero-order valence-corrected chi connectivity index (χ0v) is 13.1. The smallest absolute Gasteiger partial charge is 0.326 e. The fraction of sp³-hybridized carbons (Fsp3) is 0.556. The number of carboxylic acids is 1. The van der Waals surface area contributed by atoms with Crippen molar-refractivity contribution in [2.24, 2.45) is 17.8 Å². The highest BCUT2D eigenvalue weighted by Crippen LogP contribution is 2.51. The summed E-state index contributed by atoms with van der Waals surface area (Å²) in [4.78, 5) is 25.9. The van der Waals surface area contributed by atoms with E-state index < -0.39 is 23.6 Å². The lowest BCUT2D eigenvalue weighted by Crippen LogP contribution is -2.44. The summed E-state index contributed by atoms with van der Waals surface area (Å²) in [5.41, 5.74) is 0.348. The van der Waals surface area contributed by atoms with E-state index in [1.807, 2.05) is 0 Å². The van der Waals surface area contributed by atoms with Gasteiger partial charge in [-0.1, -0.05) is 12.5 Å². The van der Waals surface area contributed by atoms with Crippen molar-refractivity contribution in [3.63, 3.8) is 0 Å². The minimum absolute atomic E-state index is 0.0474. The Hall–Kier alpha value is -1.98. The van der Waals surface area contributed by atoms with Crippen molar-refractivity contribution in [2.45, 2.75) is 37.6 Å². The summed E-state index contributed by atoms with van der Waals surface area (Å²) in [6, 6.07) is 2.66. The number of nitrogens with zero attached hydrogens (tertiary/aromatic N) is 1. The third kappa shape index (κ3) is 2.39. The van der Waals surface area contributed by atoms with Crippen LogP contribution in [0.1, 0.15) is 37.2 Å². The number of carboxylic acid groups (broad SMARTS) is 1. The predicted molar refractivity (Wildman–Crippen MR) is 81.2 cm³/mol. The van der Waals surface area contributed by atoms with Crippen LogP contribution < -0.4 is 0 Å². The minimum Gasteiger partial charge on any atom is -0.480 e. The summed E-state index contributed by atoms with van der Waals surface area (Å²) in [5, 5.41) is 9.54. The van der Waals surface area contributed by atoms with E-state index in [2.05, 4.69) is 0 Å². The average Bonchev–Trinajstić information content (AvgIpc) is 3.01. The first-order chi connectivity index (χ1) is 11.5. The Morgan fingerprint density at radius 1 is 1.21 bits per heavy atom. The largest absolute Gasteiger partial charge is 0.480 e. The van der Waals surface area contributed by atoms with Gasteiger partial charge in [0, 0.05) is 18.5 Å². The van der Waals surface area contributed by atoms with Crippen molar-refractivity contribution in [3.05, 3.63) is 35.4 Å². The zero-order valence-electron chi connectivity index (χ0n) is 13.1. The molecule has 6 heteroatoms. The summed E-state index contributed by atoms with van der Waals surface area (Å²) >= 11 is 0. The summed E-state index contributed by atoms with van der Waals surface area (Å²) < 4.78 is 26.9. The molecule has 1 aromatic carbocycles. The molecule has 128 valence electrons. The van der Waals surface area contributed by atoms with Crippen LogP contribution >= 0.6 is 0 Å². The summed E-state index contributed by atoms with van der Waals surface area (Å²) in [5.74, 6) is -2.74. The number of fused-ring (bicyclic) bond motifs is 1. The predicted octanol–water partition coefficient (Wildman–Crippen LogP) is 2.78. The number of carbonyl (C=O) groups excluding carboxylic acids is 1. The number of aliphatic carboxylic acids is 1. The van der Waals surface area contributed by atoms with E-state index in [-0.39, 0.29) is 29.6 Å². The average molecular weight is 335 g/mol. The van der Waals surface area contributed by atoms with Crippen LogP contribution in [-0.4, -0.2) is 34.5 Å². The molecule has 3 aliphatic rings. The van der Waals surface area contributed by atoms with Crippen LogP contribution in [0.5, 0.6) is 0 Å². The van der Waals surface area contributed by atoms with Gasteiger partial charge in [-0.15, -0.1) is 0 Å². The third-order valence-electron chi connectivity index (χ3n) is 5.90. The number of hydrogen-bond acceptors (Lipinski definition) is 2. The van der Waals surface area contributed by atoms with Gasteiger partial charge < -0.3 is 10.0 Å². The number of hydrogen-bond donors (Lipinski definition) is 1. The highest BCUT2D eigenvalue weighted by Gasteiger charge is 2.54. The van der Waals surface area contributed by atoms with E-state index in [0.717, 1.165) is 25.3 Å². The Bertz CT molecular complexity index is 708. The lowest BCUT2D eigenvalue weighted by atomic mass is 9.94. The van der Waals surface area contributed by atoms with Gasteiger partial charge in [0.05, 0.1) is 0 Å². The standard InChI is InChI=1S/C18H19F2NO3/c19-10-4-5-12(15(20)6-10)13-7-14(13)17(22)21-8-9-2-1-3-11(9)16(21)18(23)24/h4-6,9,11,13-14,16H,1-3,7-8H2,(H,23,24). The molecule has 3 fully saturated rings. The molecule has 0 aromatic heterocycles. The lowest BCUT2D eigenvalue weighted by molar-refractivity contribution is -0.150. The Morgan fingerprint density at radius 3 is 2.71 bits per heavy atom. The fourth-order valence-corrected chi connectivity index (χ4v) is 4.68. The number of rotatable bonds is 3. The second kappa shape index (κ2) is 5.53. The first-order valence-corrected chi connectivity index (χ1v) is 8.45. The van der Waals surface area contributed by atoms with Crippen molar-refractivity contribution in [3.8, 4) is 0 Å². The van der Waals surface area contributed by atoms with Crippen LogP contribution in [0.2, 0.25) is 0 Å². The molecule has 1 aromatic rings. The molecule has 1 amide bonds. The Kier molecular flexibility index (Phi) is 3.58. The number of amides is 1. The summed E-state index contributed by atoms with van der Waals surface area (Å²) in [7, 11) is 0. The molecule has 1 heterocycles. The van der Waals surface area contributed by atoms with Gasteiger partial charge in [0.15, 0.2) is 0 Å². The number of halogens is 2. The van der Waals surface area contributed by atoms with Gasteiger partial charge in [-0.3, -0.25) is 4.79 Å². The highest BCUT2D eigenvalue weighted by atomic mass is 19.1. The van der Waals surface area contributed by atoms with Crippen molar-refractivity contribution in [2.75, 3.05) is 6.54 Å². The SMILES string of the molecule is O=C(O)C1C2CCCC2CN1C(=O)C1CC1c1ccc(F)cc1F. The van der Waals surface area contributed by atoms with Gasteiger partial charge in [0.2, 0.25) is 5.91 Å². The van der Waals surface area contributed by atoms with E-state index in [9.17, 15) is 23.5 Å². The topological polar surface area (TPSA) is 57.6 Å². The molecule has 0 spiro atoms. The number of carbonyl (C=O) groups is 2. The van der Waals surface area contributed by atoms with Crippen LogP contribution in [0.3, 0.4) is 0 Å². The van der Waals surface area contributed by atoms with Gasteiger partial charge in [0.1, 0.15) is 17.7 Å². The van der Waals surface area contributed by atoms with Gasteiger partial charge in [0.25, 0.3) is 0 Å². The molecule has 5 atom stereocenters. The maximum Gasteiger partial charge on any atom is 0.326 e. The monoisotopic (exact) mass is 335 g/mol. The number of benzene rings is 1. The van der Waals surface area contributed by atoms with Crippen LogP contribution in [0, 0.1) is 29.4 Å². The Balaban J connectivity index is 1.51. The van der Waals surface area contributed by atoms with Gasteiger partial charge in [-0.25, -0.2) is 13.6 Å². The van der Waals surface area contributed by atoms with Gasteiger partial charge >= 0.3 is 5.97 Å². The highest BCUT2D eigenvalue weighted by molar-refractivity contribution is 5.88. The van der Waals surface area contributed by atoms with Crippen LogP contribution in [0.15, 0.2) is 18.2 Å². The van der Waals surface area contributed by atoms with Crippen molar-refractivity contribution in [1.29, 1.82) is 0 Å². The lowest BCUT2D eigenvalue weighted by Gasteiger charge is -2.24. The van der Waals surface area contributed by atoms with Crippen LogP contribution in [0.4, 0.5) is 8.78 Å². The molecule has 1 saturated heterocycles.